The summed E-state index contributed by atoms with van der Waals surface area (Å²) < 4.78 is 1.90. The Hall–Kier alpha value is -0.900. The molecule has 0 spiro atoms. The van der Waals surface area contributed by atoms with Crippen molar-refractivity contribution in [3.8, 4) is 0 Å². The summed E-state index contributed by atoms with van der Waals surface area (Å²) in [5.74, 6) is 0. The van der Waals surface area contributed by atoms with Gasteiger partial charge < -0.3 is 4.90 Å². The smallest absolute Gasteiger partial charge is 0.0967 e. The molecule has 0 aromatic carbocycles. The lowest BCUT2D eigenvalue weighted by Crippen LogP contribution is -2.16. The predicted molar refractivity (Wildman–Crippen MR) is 52.3 cm³/mol. The third-order valence-electron chi connectivity index (χ3n) is 2.01. The summed E-state index contributed by atoms with van der Waals surface area (Å²) in [4.78, 5) is 2.21. The van der Waals surface area contributed by atoms with Crippen molar-refractivity contribution in [2.75, 3.05) is 13.6 Å². The van der Waals surface area contributed by atoms with Gasteiger partial charge in [-0.05, 0) is 20.0 Å². The molecular weight excluding hydrogens is 164 g/mol. The van der Waals surface area contributed by atoms with Gasteiger partial charge in [-0.3, -0.25) is 4.68 Å². The number of rotatable bonds is 5. The van der Waals surface area contributed by atoms with Gasteiger partial charge in [0, 0.05) is 19.3 Å². The van der Waals surface area contributed by atoms with Gasteiger partial charge in [0.25, 0.3) is 0 Å². The second-order valence-electron chi connectivity index (χ2n) is 3.30. The Morgan fingerprint density at radius 2 is 2.23 bits per heavy atom. The number of aryl methyl sites for hydroxylation is 1. The second kappa shape index (κ2) is 4.97. The Kier molecular flexibility index (Phi) is 3.89. The maximum absolute atomic E-state index is 4.09. The molecule has 1 aromatic rings. The van der Waals surface area contributed by atoms with Crippen LogP contribution in [0.3, 0.4) is 0 Å². The third-order valence-corrected chi connectivity index (χ3v) is 2.01. The van der Waals surface area contributed by atoms with E-state index in [1.165, 1.54) is 0 Å². The van der Waals surface area contributed by atoms with Gasteiger partial charge in [-0.2, -0.15) is 0 Å². The minimum Gasteiger partial charge on any atom is -0.301 e. The Labute approximate surface area is 79.5 Å². The summed E-state index contributed by atoms with van der Waals surface area (Å²) in [6.45, 7) is 7.17. The fraction of sp³-hybridized carbons (Fsp3) is 0.778. The van der Waals surface area contributed by atoms with Crippen molar-refractivity contribution in [2.45, 2.75) is 33.4 Å². The normalized spacial score (nSPS) is 11.1. The van der Waals surface area contributed by atoms with Crippen LogP contribution in [0.4, 0.5) is 0 Å². The second-order valence-corrected chi connectivity index (χ2v) is 3.30. The molecule has 4 nitrogen and oxygen atoms in total. The van der Waals surface area contributed by atoms with Gasteiger partial charge in [-0.1, -0.05) is 19.1 Å². The molecule has 1 aromatic heterocycles. The van der Waals surface area contributed by atoms with Crippen LogP contribution >= 0.6 is 0 Å². The number of hydrogen-bond donors (Lipinski definition) is 0. The minimum atomic E-state index is 0.889. The highest BCUT2D eigenvalue weighted by Crippen LogP contribution is 1.98. The van der Waals surface area contributed by atoms with Crippen LogP contribution in [0, 0.1) is 0 Å². The first-order chi connectivity index (χ1) is 6.26. The van der Waals surface area contributed by atoms with Crippen LogP contribution in [0.1, 0.15) is 26.0 Å². The Bertz CT molecular complexity index is 244. The predicted octanol–water partition coefficient (Wildman–Crippen LogP) is 1.14. The average molecular weight is 182 g/mol. The Balaban J connectivity index is 2.48. The van der Waals surface area contributed by atoms with Crippen LogP contribution in [0.25, 0.3) is 0 Å². The zero-order valence-corrected chi connectivity index (χ0v) is 8.69. The molecule has 0 aliphatic carbocycles. The lowest BCUT2D eigenvalue weighted by molar-refractivity contribution is 0.341. The van der Waals surface area contributed by atoms with Crippen LogP contribution in [-0.2, 0) is 13.1 Å². The highest BCUT2D eigenvalue weighted by molar-refractivity contribution is 4.91. The maximum atomic E-state index is 4.09. The van der Waals surface area contributed by atoms with Gasteiger partial charge in [0.2, 0.25) is 0 Å². The van der Waals surface area contributed by atoms with E-state index in [1.807, 2.05) is 10.9 Å². The topological polar surface area (TPSA) is 34.0 Å². The molecule has 0 fully saturated rings. The number of aromatic nitrogens is 3. The van der Waals surface area contributed by atoms with Crippen LogP contribution in [0.5, 0.6) is 0 Å². The van der Waals surface area contributed by atoms with E-state index < -0.39 is 0 Å². The van der Waals surface area contributed by atoms with Crippen molar-refractivity contribution >= 4 is 0 Å². The molecule has 13 heavy (non-hydrogen) atoms. The molecule has 0 unspecified atom stereocenters. The van der Waals surface area contributed by atoms with E-state index in [1.54, 1.807) is 0 Å². The number of hydrogen-bond acceptors (Lipinski definition) is 3. The lowest BCUT2D eigenvalue weighted by Gasteiger charge is -2.10. The molecule has 0 bridgehead atoms. The average Bonchev–Trinajstić information content (AvgIpc) is 2.53. The SMILES string of the molecule is CCCn1cc(CN(C)CC)nn1. The third kappa shape index (κ3) is 3.14. The molecular formula is C9H18N4. The van der Waals surface area contributed by atoms with Crippen molar-refractivity contribution in [1.29, 1.82) is 0 Å². The summed E-state index contributed by atoms with van der Waals surface area (Å²) in [5.41, 5.74) is 1.05. The molecule has 0 atom stereocenters. The van der Waals surface area contributed by atoms with E-state index in [2.05, 4.69) is 36.1 Å². The van der Waals surface area contributed by atoms with Crippen molar-refractivity contribution in [2.24, 2.45) is 0 Å². The molecule has 0 saturated heterocycles. The first-order valence-corrected chi connectivity index (χ1v) is 4.83. The van der Waals surface area contributed by atoms with Gasteiger partial charge in [-0.25, -0.2) is 0 Å². The van der Waals surface area contributed by atoms with E-state index >= 15 is 0 Å². The molecule has 0 radical (unpaired) electrons. The van der Waals surface area contributed by atoms with Crippen molar-refractivity contribution < 1.29 is 0 Å². The van der Waals surface area contributed by atoms with Crippen molar-refractivity contribution in [3.05, 3.63) is 11.9 Å². The van der Waals surface area contributed by atoms with Gasteiger partial charge in [0.05, 0.1) is 5.69 Å². The zero-order chi connectivity index (χ0) is 9.68. The maximum Gasteiger partial charge on any atom is 0.0967 e. The fourth-order valence-electron chi connectivity index (χ4n) is 1.14. The Morgan fingerprint density at radius 3 is 2.85 bits per heavy atom. The lowest BCUT2D eigenvalue weighted by atomic mass is 10.4. The van der Waals surface area contributed by atoms with Crippen LogP contribution in [0.15, 0.2) is 6.20 Å². The zero-order valence-electron chi connectivity index (χ0n) is 8.69. The first kappa shape index (κ1) is 10.2. The summed E-state index contributed by atoms with van der Waals surface area (Å²) >= 11 is 0. The molecule has 74 valence electrons. The molecule has 0 N–H and O–H groups in total. The molecule has 1 rings (SSSR count). The van der Waals surface area contributed by atoms with E-state index in [9.17, 15) is 0 Å². The minimum absolute atomic E-state index is 0.889. The summed E-state index contributed by atoms with van der Waals surface area (Å²) in [6.07, 6.45) is 3.13. The summed E-state index contributed by atoms with van der Waals surface area (Å²) in [7, 11) is 2.08. The first-order valence-electron chi connectivity index (χ1n) is 4.83. The molecule has 1 heterocycles. The van der Waals surface area contributed by atoms with Gasteiger partial charge in [0.1, 0.15) is 0 Å². The van der Waals surface area contributed by atoms with Crippen LogP contribution in [-0.4, -0.2) is 33.5 Å². The van der Waals surface area contributed by atoms with Crippen molar-refractivity contribution in [3.63, 3.8) is 0 Å². The van der Waals surface area contributed by atoms with E-state index in [0.29, 0.717) is 0 Å². The van der Waals surface area contributed by atoms with E-state index in [0.717, 1.165) is 31.7 Å². The molecule has 0 saturated carbocycles. The highest BCUT2D eigenvalue weighted by Gasteiger charge is 2.02. The Morgan fingerprint density at radius 1 is 1.46 bits per heavy atom. The molecule has 0 aliphatic heterocycles. The quantitative estimate of drug-likeness (QED) is 0.684. The monoisotopic (exact) mass is 182 g/mol. The fourth-order valence-corrected chi connectivity index (χ4v) is 1.14. The van der Waals surface area contributed by atoms with E-state index in [4.69, 9.17) is 0 Å². The summed E-state index contributed by atoms with van der Waals surface area (Å²) in [5, 5.41) is 8.13. The van der Waals surface area contributed by atoms with Crippen molar-refractivity contribution in [1.82, 2.24) is 19.9 Å². The highest BCUT2D eigenvalue weighted by atomic mass is 15.4. The molecule has 4 heteroatoms. The molecule has 0 amide bonds. The van der Waals surface area contributed by atoms with Gasteiger partial charge >= 0.3 is 0 Å². The van der Waals surface area contributed by atoms with Crippen LogP contribution < -0.4 is 0 Å². The van der Waals surface area contributed by atoms with Gasteiger partial charge in [-0.15, -0.1) is 5.10 Å². The number of nitrogens with zero attached hydrogens (tertiary/aromatic N) is 4. The van der Waals surface area contributed by atoms with E-state index in [-0.39, 0.29) is 0 Å². The largest absolute Gasteiger partial charge is 0.301 e. The summed E-state index contributed by atoms with van der Waals surface area (Å²) in [6, 6.07) is 0. The standard InChI is InChI=1S/C9H18N4/c1-4-6-13-8-9(10-11-13)7-12(3)5-2/h8H,4-7H2,1-3H3. The molecule has 0 aliphatic rings. The van der Waals surface area contributed by atoms with Crippen LogP contribution in [0.2, 0.25) is 0 Å². The van der Waals surface area contributed by atoms with Gasteiger partial charge in [0.15, 0.2) is 0 Å².